The van der Waals surface area contributed by atoms with Gasteiger partial charge in [0.25, 0.3) is 0 Å². The van der Waals surface area contributed by atoms with Crippen molar-refractivity contribution in [3.8, 4) is 5.75 Å². The molecule has 0 atom stereocenters. The normalized spacial score (nSPS) is 11.6. The lowest BCUT2D eigenvalue weighted by Crippen LogP contribution is -2.16. The molecule has 0 bridgehead atoms. The Balaban J connectivity index is 1.79. The summed E-state index contributed by atoms with van der Waals surface area (Å²) in [6, 6.07) is 11.0. The van der Waals surface area contributed by atoms with Crippen molar-refractivity contribution in [3.63, 3.8) is 0 Å². The van der Waals surface area contributed by atoms with Crippen molar-refractivity contribution < 1.29 is 13.8 Å². The molecule has 128 valence electrons. The molecule has 3 rings (SSSR count). The van der Waals surface area contributed by atoms with Crippen LogP contribution in [-0.4, -0.2) is 16.1 Å². The Bertz CT molecular complexity index is 930. The Morgan fingerprint density at radius 3 is 2.72 bits per heavy atom. The van der Waals surface area contributed by atoms with Crippen LogP contribution in [0.4, 0.5) is 10.1 Å². The smallest absolute Gasteiger partial charge is 0.176 e. The first-order valence-electron chi connectivity index (χ1n) is 7.03. The second-order valence-corrected chi connectivity index (χ2v) is 5.69. The van der Waals surface area contributed by atoms with E-state index in [4.69, 9.17) is 38.3 Å². The Morgan fingerprint density at radius 2 is 1.96 bits per heavy atom. The maximum atomic E-state index is 13.2. The summed E-state index contributed by atoms with van der Waals surface area (Å²) in [7, 11) is 0. The van der Waals surface area contributed by atoms with Crippen LogP contribution in [0.5, 0.6) is 5.75 Å². The van der Waals surface area contributed by atoms with Crippen LogP contribution in [0.1, 0.15) is 11.4 Å². The molecule has 1 heterocycles. The average molecular weight is 381 g/mol. The highest BCUT2D eigenvalue weighted by atomic mass is 35.5. The molecule has 0 saturated heterocycles. The van der Waals surface area contributed by atoms with Gasteiger partial charge in [0.1, 0.15) is 18.2 Å². The number of para-hydroxylation sites is 1. The zero-order valence-electron chi connectivity index (χ0n) is 12.6. The van der Waals surface area contributed by atoms with E-state index in [0.717, 1.165) is 0 Å². The van der Waals surface area contributed by atoms with Gasteiger partial charge >= 0.3 is 0 Å². The van der Waals surface area contributed by atoms with E-state index in [1.54, 1.807) is 24.3 Å². The number of amidine groups is 1. The van der Waals surface area contributed by atoms with Gasteiger partial charge in [-0.3, -0.25) is 0 Å². The number of halogens is 3. The molecule has 1 aromatic heterocycles. The predicted molar refractivity (Wildman–Crippen MR) is 91.9 cm³/mol. The standard InChI is InChI=1S/C16H11Cl2FN4O2/c17-10-3-1-2-4-14(10)24-8-13-15(23-25-22-13)16(20)21-9-5-6-12(19)11(18)7-9/h1-7H,8H2,(H2,20,21). The first-order chi connectivity index (χ1) is 12.0. The van der Waals surface area contributed by atoms with Crippen LogP contribution in [0.25, 0.3) is 0 Å². The Labute approximate surface area is 152 Å². The number of aliphatic imine (C=N–C) groups is 1. The van der Waals surface area contributed by atoms with E-state index in [2.05, 4.69) is 15.3 Å². The molecule has 3 aromatic rings. The lowest BCUT2D eigenvalue weighted by atomic mass is 10.3. The maximum Gasteiger partial charge on any atom is 0.176 e. The van der Waals surface area contributed by atoms with Crippen molar-refractivity contribution in [2.45, 2.75) is 6.61 Å². The summed E-state index contributed by atoms with van der Waals surface area (Å²) in [6.45, 7) is 0.0307. The molecule has 0 aliphatic heterocycles. The van der Waals surface area contributed by atoms with Gasteiger partial charge in [-0.15, -0.1) is 0 Å². The summed E-state index contributed by atoms with van der Waals surface area (Å²) in [4.78, 5) is 4.14. The van der Waals surface area contributed by atoms with Crippen molar-refractivity contribution in [1.82, 2.24) is 10.3 Å². The molecule has 0 unspecified atom stereocenters. The molecule has 0 spiro atoms. The van der Waals surface area contributed by atoms with Crippen LogP contribution in [0, 0.1) is 5.82 Å². The number of nitrogens with two attached hydrogens (primary N) is 1. The van der Waals surface area contributed by atoms with Gasteiger partial charge in [0.15, 0.2) is 17.2 Å². The van der Waals surface area contributed by atoms with Crippen LogP contribution in [-0.2, 0) is 6.61 Å². The molecule has 0 saturated carbocycles. The third-order valence-electron chi connectivity index (χ3n) is 3.15. The van der Waals surface area contributed by atoms with Crippen molar-refractivity contribution >= 4 is 34.7 Å². The fourth-order valence-corrected chi connectivity index (χ4v) is 2.32. The van der Waals surface area contributed by atoms with E-state index in [0.29, 0.717) is 22.2 Å². The summed E-state index contributed by atoms with van der Waals surface area (Å²) in [5.41, 5.74) is 6.85. The summed E-state index contributed by atoms with van der Waals surface area (Å²) in [6.07, 6.45) is 0. The maximum absolute atomic E-state index is 13.2. The first kappa shape index (κ1) is 17.2. The number of aromatic nitrogens is 2. The Hall–Kier alpha value is -2.64. The molecular formula is C16H11Cl2FN4O2. The molecule has 0 amide bonds. The highest BCUT2D eigenvalue weighted by Gasteiger charge is 2.15. The van der Waals surface area contributed by atoms with E-state index in [9.17, 15) is 4.39 Å². The van der Waals surface area contributed by atoms with Gasteiger partial charge in [-0.1, -0.05) is 40.5 Å². The molecule has 0 fully saturated rings. The van der Waals surface area contributed by atoms with E-state index in [1.165, 1.54) is 18.2 Å². The topological polar surface area (TPSA) is 86.5 Å². The Kier molecular flexibility index (Phi) is 5.16. The van der Waals surface area contributed by atoms with Crippen LogP contribution in [0.15, 0.2) is 52.1 Å². The number of nitrogens with zero attached hydrogens (tertiary/aromatic N) is 3. The molecule has 0 aliphatic rings. The minimum atomic E-state index is -0.545. The van der Waals surface area contributed by atoms with Crippen molar-refractivity contribution in [2.75, 3.05) is 0 Å². The molecule has 2 N–H and O–H groups in total. The zero-order valence-corrected chi connectivity index (χ0v) is 14.1. The van der Waals surface area contributed by atoms with Gasteiger partial charge in [0, 0.05) is 0 Å². The fourth-order valence-electron chi connectivity index (χ4n) is 1.95. The van der Waals surface area contributed by atoms with Crippen LogP contribution >= 0.6 is 23.2 Å². The average Bonchev–Trinajstić information content (AvgIpc) is 3.06. The lowest BCUT2D eigenvalue weighted by molar-refractivity contribution is 0.270. The third-order valence-corrected chi connectivity index (χ3v) is 3.75. The van der Waals surface area contributed by atoms with E-state index in [-0.39, 0.29) is 23.2 Å². The number of rotatable bonds is 5. The van der Waals surface area contributed by atoms with Crippen molar-refractivity contribution in [2.24, 2.45) is 10.7 Å². The third kappa shape index (κ3) is 4.07. The highest BCUT2D eigenvalue weighted by molar-refractivity contribution is 6.32. The molecule has 9 heteroatoms. The Morgan fingerprint density at radius 1 is 1.16 bits per heavy atom. The number of ether oxygens (including phenoxy) is 1. The van der Waals surface area contributed by atoms with Gasteiger partial charge in [-0.05, 0) is 35.5 Å². The van der Waals surface area contributed by atoms with E-state index >= 15 is 0 Å². The summed E-state index contributed by atoms with van der Waals surface area (Å²) in [5, 5.41) is 7.88. The van der Waals surface area contributed by atoms with Crippen LogP contribution in [0.2, 0.25) is 10.0 Å². The van der Waals surface area contributed by atoms with Crippen molar-refractivity contribution in [3.05, 3.63) is 69.7 Å². The van der Waals surface area contributed by atoms with Gasteiger partial charge in [0.2, 0.25) is 0 Å². The number of hydrogen-bond acceptors (Lipinski definition) is 5. The quantitative estimate of drug-likeness (QED) is 0.531. The zero-order chi connectivity index (χ0) is 17.8. The second kappa shape index (κ2) is 7.50. The summed E-state index contributed by atoms with van der Waals surface area (Å²) < 4.78 is 23.5. The highest BCUT2D eigenvalue weighted by Crippen LogP contribution is 2.25. The summed E-state index contributed by atoms with van der Waals surface area (Å²) >= 11 is 11.7. The summed E-state index contributed by atoms with van der Waals surface area (Å²) in [5.74, 6) is -0.0308. The van der Waals surface area contributed by atoms with Crippen LogP contribution in [0.3, 0.4) is 0 Å². The van der Waals surface area contributed by atoms with E-state index < -0.39 is 5.82 Å². The minimum absolute atomic E-state index is 0.0293. The lowest BCUT2D eigenvalue weighted by Gasteiger charge is -2.06. The number of benzene rings is 2. The molecule has 25 heavy (non-hydrogen) atoms. The largest absolute Gasteiger partial charge is 0.486 e. The van der Waals surface area contributed by atoms with E-state index in [1.807, 2.05) is 0 Å². The fraction of sp³-hybridized carbons (Fsp3) is 0.0625. The van der Waals surface area contributed by atoms with Gasteiger partial charge in [-0.25, -0.2) is 14.0 Å². The molecular weight excluding hydrogens is 370 g/mol. The molecule has 0 radical (unpaired) electrons. The molecule has 0 aliphatic carbocycles. The van der Waals surface area contributed by atoms with Gasteiger partial charge < -0.3 is 10.5 Å². The minimum Gasteiger partial charge on any atom is -0.486 e. The molecule has 2 aromatic carbocycles. The second-order valence-electron chi connectivity index (χ2n) is 4.87. The number of hydrogen-bond donors (Lipinski definition) is 1. The molecule has 6 nitrogen and oxygen atoms in total. The van der Waals surface area contributed by atoms with Gasteiger partial charge in [0.05, 0.1) is 15.7 Å². The van der Waals surface area contributed by atoms with Crippen molar-refractivity contribution in [1.29, 1.82) is 0 Å². The first-order valence-corrected chi connectivity index (χ1v) is 7.78. The van der Waals surface area contributed by atoms with Crippen LogP contribution < -0.4 is 10.5 Å². The monoisotopic (exact) mass is 380 g/mol. The van der Waals surface area contributed by atoms with Gasteiger partial charge in [-0.2, -0.15) is 0 Å². The SMILES string of the molecule is NC(=Nc1ccc(F)c(Cl)c1)c1nonc1COc1ccccc1Cl. The predicted octanol–water partition coefficient (Wildman–Crippen LogP) is 4.13.